The van der Waals surface area contributed by atoms with Crippen LogP contribution >= 0.6 is 35.4 Å². The van der Waals surface area contributed by atoms with Crippen LogP contribution in [0.1, 0.15) is 10.4 Å². The fourth-order valence-electron chi connectivity index (χ4n) is 1.92. The molecule has 0 atom stereocenters. The van der Waals surface area contributed by atoms with Gasteiger partial charge in [0.25, 0.3) is 17.5 Å². The summed E-state index contributed by atoms with van der Waals surface area (Å²) in [6.07, 6.45) is 0. The van der Waals surface area contributed by atoms with Gasteiger partial charge in [0.1, 0.15) is 11.3 Å². The number of carbonyl (C=O) groups excluding carboxylic acids is 2. The normalized spacial score (nSPS) is 9.93. The highest BCUT2D eigenvalue weighted by atomic mass is 35.5. The van der Waals surface area contributed by atoms with Crippen molar-refractivity contribution in [3.63, 3.8) is 0 Å². The maximum atomic E-state index is 12.1. The summed E-state index contributed by atoms with van der Waals surface area (Å²) >= 11 is 16.5. The molecule has 28 heavy (non-hydrogen) atoms. The zero-order chi connectivity index (χ0) is 20.7. The second-order valence-electron chi connectivity index (χ2n) is 5.09. The molecule has 0 radical (unpaired) electrons. The number of thiocarbonyl (C=S) groups is 1. The predicted molar refractivity (Wildman–Crippen MR) is 106 cm³/mol. The minimum Gasteiger partial charge on any atom is -0.482 e. The Morgan fingerprint density at radius 3 is 2.54 bits per heavy atom. The average Bonchev–Trinajstić information content (AvgIpc) is 2.65. The number of nitro groups is 1. The number of nitrogens with zero attached hydrogens (tertiary/aromatic N) is 1. The Hall–Kier alpha value is -2.95. The number of hydrogen-bond donors (Lipinski definition) is 3. The van der Waals surface area contributed by atoms with Gasteiger partial charge in [-0.2, -0.15) is 0 Å². The Labute approximate surface area is 174 Å². The lowest BCUT2D eigenvalue weighted by atomic mass is 10.1. The van der Waals surface area contributed by atoms with E-state index in [0.29, 0.717) is 5.02 Å². The largest absolute Gasteiger partial charge is 0.482 e. The van der Waals surface area contributed by atoms with Gasteiger partial charge in [-0.25, -0.2) is 0 Å². The molecule has 0 aliphatic carbocycles. The molecule has 12 heteroatoms. The van der Waals surface area contributed by atoms with Gasteiger partial charge in [-0.1, -0.05) is 35.3 Å². The fourth-order valence-corrected chi connectivity index (χ4v) is 2.53. The first kappa shape index (κ1) is 21.4. The number of hydrogen-bond acceptors (Lipinski definition) is 6. The second-order valence-corrected chi connectivity index (χ2v) is 6.35. The maximum absolute atomic E-state index is 12.1. The first-order chi connectivity index (χ1) is 13.3. The highest BCUT2D eigenvalue weighted by Gasteiger charge is 2.20. The first-order valence-corrected chi connectivity index (χ1v) is 8.66. The summed E-state index contributed by atoms with van der Waals surface area (Å²) in [5.41, 5.74) is 3.94. The predicted octanol–water partition coefficient (Wildman–Crippen LogP) is 2.62. The number of nitro benzene ring substituents is 1. The lowest BCUT2D eigenvalue weighted by Gasteiger charge is -2.12. The summed E-state index contributed by atoms with van der Waals surface area (Å²) in [5, 5.41) is 13.6. The van der Waals surface area contributed by atoms with Gasteiger partial charge >= 0.3 is 0 Å². The third-order valence-electron chi connectivity index (χ3n) is 3.14. The van der Waals surface area contributed by atoms with E-state index in [-0.39, 0.29) is 27.1 Å². The molecule has 3 N–H and O–H groups in total. The topological polar surface area (TPSA) is 123 Å². The molecule has 2 aromatic carbocycles. The van der Waals surface area contributed by atoms with Crippen molar-refractivity contribution < 1.29 is 19.2 Å². The molecule has 0 spiro atoms. The summed E-state index contributed by atoms with van der Waals surface area (Å²) in [6, 6.07) is 9.88. The molecule has 0 unspecified atom stereocenters. The van der Waals surface area contributed by atoms with Crippen LogP contribution in [0.4, 0.5) is 5.69 Å². The molecule has 0 saturated carbocycles. The van der Waals surface area contributed by atoms with Crippen molar-refractivity contribution in [2.24, 2.45) is 0 Å². The third kappa shape index (κ3) is 6.05. The van der Waals surface area contributed by atoms with E-state index in [9.17, 15) is 19.7 Å². The molecule has 0 aliphatic rings. The molecular weight excluding hydrogens is 431 g/mol. The number of amides is 2. The quantitative estimate of drug-likeness (QED) is 0.369. The third-order valence-corrected chi connectivity index (χ3v) is 3.88. The van der Waals surface area contributed by atoms with Crippen molar-refractivity contribution in [3.05, 3.63) is 68.2 Å². The van der Waals surface area contributed by atoms with Crippen molar-refractivity contribution in [1.82, 2.24) is 16.2 Å². The zero-order valence-electron chi connectivity index (χ0n) is 13.9. The van der Waals surface area contributed by atoms with Crippen molar-refractivity contribution in [2.75, 3.05) is 6.61 Å². The monoisotopic (exact) mass is 442 g/mol. The zero-order valence-corrected chi connectivity index (χ0v) is 16.2. The lowest BCUT2D eigenvalue weighted by Crippen LogP contribution is -2.49. The second kappa shape index (κ2) is 9.83. The summed E-state index contributed by atoms with van der Waals surface area (Å²) in [7, 11) is 0. The van der Waals surface area contributed by atoms with Crippen molar-refractivity contribution in [2.45, 2.75) is 0 Å². The Bertz CT molecular complexity index is 941. The molecule has 0 heterocycles. The van der Waals surface area contributed by atoms with Gasteiger partial charge in [-0.05, 0) is 36.5 Å². The standard InChI is InChI=1S/C16H12Cl2N4O5S/c17-9-5-6-13(11(18)7-9)27-8-14(23)20-21-16(28)19-15(24)10-3-1-2-4-12(10)22(25)26/h1-7H,8H2,(H,20,23)(H2,19,21,24,28). The summed E-state index contributed by atoms with van der Waals surface area (Å²) in [5.74, 6) is -1.16. The van der Waals surface area contributed by atoms with Gasteiger partial charge in [0.15, 0.2) is 11.7 Å². The summed E-state index contributed by atoms with van der Waals surface area (Å²) in [4.78, 5) is 34.1. The van der Waals surface area contributed by atoms with Crippen LogP contribution in [-0.2, 0) is 4.79 Å². The average molecular weight is 443 g/mol. The molecule has 0 aromatic heterocycles. The number of para-hydroxylation sites is 1. The molecule has 0 bridgehead atoms. The number of ether oxygens (including phenoxy) is 1. The van der Waals surface area contributed by atoms with Crippen LogP contribution in [0.25, 0.3) is 0 Å². The van der Waals surface area contributed by atoms with Gasteiger partial charge in [-0.3, -0.25) is 35.9 Å². The Balaban J connectivity index is 1.82. The molecule has 2 rings (SSSR count). The number of halogens is 2. The van der Waals surface area contributed by atoms with E-state index >= 15 is 0 Å². The molecule has 9 nitrogen and oxygen atoms in total. The molecular formula is C16H12Cl2N4O5S. The number of nitrogens with one attached hydrogen (secondary N) is 3. The SMILES string of the molecule is O=C(COc1ccc(Cl)cc1Cl)NNC(=S)NC(=O)c1ccccc1[N+](=O)[O-]. The van der Waals surface area contributed by atoms with Crippen molar-refractivity contribution >= 4 is 58.0 Å². The number of carbonyl (C=O) groups is 2. The van der Waals surface area contributed by atoms with Crippen LogP contribution in [0.5, 0.6) is 5.75 Å². The number of rotatable bonds is 5. The minimum atomic E-state index is -0.803. The highest BCUT2D eigenvalue weighted by molar-refractivity contribution is 7.80. The van der Waals surface area contributed by atoms with Gasteiger partial charge < -0.3 is 4.74 Å². The summed E-state index contributed by atoms with van der Waals surface area (Å²) < 4.78 is 5.23. The first-order valence-electron chi connectivity index (χ1n) is 7.49. The molecule has 0 aliphatic heterocycles. The molecule has 2 amide bonds. The van der Waals surface area contributed by atoms with Crippen molar-refractivity contribution in [3.8, 4) is 5.75 Å². The van der Waals surface area contributed by atoms with E-state index in [2.05, 4.69) is 16.2 Å². The van der Waals surface area contributed by atoms with Crippen LogP contribution in [0.3, 0.4) is 0 Å². The van der Waals surface area contributed by atoms with Crippen LogP contribution in [-0.4, -0.2) is 28.5 Å². The van der Waals surface area contributed by atoms with Crippen LogP contribution in [0.15, 0.2) is 42.5 Å². The van der Waals surface area contributed by atoms with Gasteiger partial charge in [-0.15, -0.1) is 0 Å². The molecule has 2 aromatic rings. The summed E-state index contributed by atoms with van der Waals surface area (Å²) in [6.45, 7) is -0.394. The highest BCUT2D eigenvalue weighted by Crippen LogP contribution is 2.27. The van der Waals surface area contributed by atoms with E-state index in [1.165, 1.54) is 36.4 Å². The van der Waals surface area contributed by atoms with E-state index in [1.807, 2.05) is 0 Å². The Morgan fingerprint density at radius 1 is 1.14 bits per heavy atom. The Kier molecular flexibility index (Phi) is 7.50. The van der Waals surface area contributed by atoms with Crippen LogP contribution in [0, 0.1) is 10.1 Å². The van der Waals surface area contributed by atoms with Crippen LogP contribution in [0.2, 0.25) is 10.0 Å². The number of hydrazine groups is 1. The Morgan fingerprint density at radius 2 is 1.86 bits per heavy atom. The van der Waals surface area contributed by atoms with Gasteiger partial charge in [0, 0.05) is 11.1 Å². The maximum Gasteiger partial charge on any atom is 0.282 e. The van der Waals surface area contributed by atoms with Gasteiger partial charge in [0.2, 0.25) is 0 Å². The van der Waals surface area contributed by atoms with E-state index in [4.69, 9.17) is 40.2 Å². The van der Waals surface area contributed by atoms with E-state index in [0.717, 1.165) is 0 Å². The molecule has 0 saturated heterocycles. The van der Waals surface area contributed by atoms with E-state index < -0.39 is 23.3 Å². The minimum absolute atomic E-state index is 0.177. The smallest absolute Gasteiger partial charge is 0.282 e. The molecule has 0 fully saturated rings. The van der Waals surface area contributed by atoms with Gasteiger partial charge in [0.05, 0.1) is 9.95 Å². The fraction of sp³-hybridized carbons (Fsp3) is 0.0625. The number of benzene rings is 2. The van der Waals surface area contributed by atoms with Crippen LogP contribution < -0.4 is 20.9 Å². The van der Waals surface area contributed by atoms with Crippen molar-refractivity contribution in [1.29, 1.82) is 0 Å². The molecule has 146 valence electrons. The van der Waals surface area contributed by atoms with E-state index in [1.54, 1.807) is 6.07 Å². The lowest BCUT2D eigenvalue weighted by molar-refractivity contribution is -0.385.